The van der Waals surface area contributed by atoms with Crippen molar-refractivity contribution in [1.29, 1.82) is 0 Å². The predicted molar refractivity (Wildman–Crippen MR) is 184 cm³/mol. The zero-order valence-corrected chi connectivity index (χ0v) is 35.5. The molecule has 12 heteroatoms. The third-order valence-corrected chi connectivity index (χ3v) is 25.9. The van der Waals surface area contributed by atoms with E-state index in [0.717, 1.165) is 0 Å². The first-order chi connectivity index (χ1) is 16.1. The molecule has 5 nitrogen and oxygen atoms in total. The van der Waals surface area contributed by atoms with Crippen LogP contribution < -0.4 is 0 Å². The number of hydrogen-bond donors (Lipinski definition) is 0. The molecule has 0 bridgehead atoms. The molecular weight excluding hydrogens is 577 g/mol. The van der Waals surface area contributed by atoms with E-state index >= 15 is 0 Å². The SMILES string of the molecule is CCCCCCCC[Si](C)(O[Si](C)(C)C)O[Si](C)(C)C.C[Si](C)(C)O[Si](C)(O[Si](C)(C)C)O[Si](C)(C)C. The molecule has 0 unspecified atom stereocenters. The number of rotatable bonds is 17. The number of hydrogen-bond acceptors (Lipinski definition) is 5. The van der Waals surface area contributed by atoms with E-state index in [0.29, 0.717) is 0 Å². The van der Waals surface area contributed by atoms with Crippen molar-refractivity contribution >= 4 is 59.0 Å². The zero-order valence-electron chi connectivity index (χ0n) is 28.5. The van der Waals surface area contributed by atoms with Gasteiger partial charge in [-0.2, -0.15) is 0 Å². The van der Waals surface area contributed by atoms with Gasteiger partial charge in [0.15, 0.2) is 41.6 Å². The molecule has 0 aromatic carbocycles. The van der Waals surface area contributed by atoms with Crippen molar-refractivity contribution in [2.24, 2.45) is 0 Å². The van der Waals surface area contributed by atoms with Crippen LogP contribution in [-0.4, -0.2) is 59.0 Å². The standard InChI is InChI=1S/C15H38O2Si3.C10H30O3Si4/c1-9-10-11-12-13-14-15-20(8,16-18(2,3)4)17-19(5,6)7;1-14(2,3)11-17(10,12-15(4,5)6)13-16(7,8)9/h9-15H2,1-8H3;1-10H3. The summed E-state index contributed by atoms with van der Waals surface area (Å²) in [4.78, 5) is 0. The zero-order chi connectivity index (χ0) is 30.0. The van der Waals surface area contributed by atoms with E-state index in [-0.39, 0.29) is 0 Å². The molecule has 0 saturated carbocycles. The molecule has 0 N–H and O–H groups in total. The minimum atomic E-state index is -2.47. The minimum absolute atomic E-state index is 1.17. The Hall–Kier alpha value is 1.32. The van der Waals surface area contributed by atoms with E-state index in [1.165, 1.54) is 44.6 Å². The van der Waals surface area contributed by atoms with Crippen molar-refractivity contribution in [2.75, 3.05) is 0 Å². The molecule has 0 amide bonds. The van der Waals surface area contributed by atoms with E-state index in [9.17, 15) is 0 Å². The van der Waals surface area contributed by atoms with Crippen molar-refractivity contribution in [2.45, 2.75) is 163 Å². The van der Waals surface area contributed by atoms with Gasteiger partial charge >= 0.3 is 17.4 Å². The maximum absolute atomic E-state index is 6.52. The molecule has 0 atom stereocenters. The van der Waals surface area contributed by atoms with Gasteiger partial charge in [-0.15, -0.1) is 0 Å². The second-order valence-corrected chi connectivity index (χ2v) is 45.3. The Labute approximate surface area is 241 Å². The van der Waals surface area contributed by atoms with E-state index in [2.05, 4.69) is 118 Å². The second kappa shape index (κ2) is 16.1. The first-order valence-corrected chi connectivity index (χ1v) is 36.4. The van der Waals surface area contributed by atoms with Crippen LogP contribution in [0.3, 0.4) is 0 Å². The van der Waals surface area contributed by atoms with E-state index in [4.69, 9.17) is 20.6 Å². The molecular formula is C25H68O5Si7. The fourth-order valence-electron chi connectivity index (χ4n) is 4.38. The first kappa shape index (κ1) is 40.5. The summed E-state index contributed by atoms with van der Waals surface area (Å²) in [6.07, 6.45) is 8.08. The number of unbranched alkanes of at least 4 members (excludes halogenated alkanes) is 5. The fourth-order valence-corrected chi connectivity index (χ4v) is 32.0. The molecule has 226 valence electrons. The largest absolute Gasteiger partial charge is 0.466 e. The third kappa shape index (κ3) is 28.6. The smallest absolute Gasteiger partial charge is 0.437 e. The molecule has 0 radical (unpaired) electrons. The summed E-state index contributed by atoms with van der Waals surface area (Å²) in [6, 6.07) is 1.17. The topological polar surface area (TPSA) is 46.2 Å². The van der Waals surface area contributed by atoms with Gasteiger partial charge in [-0.1, -0.05) is 45.4 Å². The monoisotopic (exact) mass is 644 g/mol. The van der Waals surface area contributed by atoms with Gasteiger partial charge in [-0.25, -0.2) is 0 Å². The summed E-state index contributed by atoms with van der Waals surface area (Å²) in [5, 5.41) is 0. The lowest BCUT2D eigenvalue weighted by atomic mass is 10.1. The van der Waals surface area contributed by atoms with Gasteiger partial charge in [-0.05, 0) is 111 Å². The minimum Gasteiger partial charge on any atom is -0.437 e. The predicted octanol–water partition coefficient (Wildman–Crippen LogP) is 10.2. The maximum Gasteiger partial charge on any atom is 0.466 e. The van der Waals surface area contributed by atoms with Crippen molar-refractivity contribution < 1.29 is 20.6 Å². The maximum atomic E-state index is 6.52. The average molecular weight is 645 g/mol. The van der Waals surface area contributed by atoms with Crippen LogP contribution in [0.4, 0.5) is 0 Å². The van der Waals surface area contributed by atoms with Gasteiger partial charge in [0.1, 0.15) is 0 Å². The lowest BCUT2D eigenvalue weighted by Gasteiger charge is -2.40. The Morgan fingerprint density at radius 1 is 0.351 bits per heavy atom. The summed E-state index contributed by atoms with van der Waals surface area (Å²) in [5.74, 6) is 0. The molecule has 0 aliphatic carbocycles. The Bertz CT molecular complexity index is 559. The van der Waals surface area contributed by atoms with Crippen molar-refractivity contribution in [3.63, 3.8) is 0 Å². The van der Waals surface area contributed by atoms with Gasteiger partial charge in [0, 0.05) is 6.55 Å². The third-order valence-electron chi connectivity index (χ3n) is 4.50. The average Bonchev–Trinajstić information content (AvgIpc) is 2.48. The van der Waals surface area contributed by atoms with Crippen LogP contribution in [0.1, 0.15) is 45.4 Å². The molecule has 0 heterocycles. The van der Waals surface area contributed by atoms with Gasteiger partial charge in [0.05, 0.1) is 0 Å². The van der Waals surface area contributed by atoms with Crippen molar-refractivity contribution in [3.8, 4) is 0 Å². The van der Waals surface area contributed by atoms with E-state index < -0.39 is 59.0 Å². The van der Waals surface area contributed by atoms with Gasteiger partial charge < -0.3 is 20.6 Å². The molecule has 0 spiro atoms. The molecule has 0 aromatic heterocycles. The van der Waals surface area contributed by atoms with Crippen LogP contribution in [0.25, 0.3) is 0 Å². The summed E-state index contributed by atoms with van der Waals surface area (Å²) >= 11 is 0. The van der Waals surface area contributed by atoms with Crippen LogP contribution >= 0.6 is 0 Å². The van der Waals surface area contributed by atoms with Crippen molar-refractivity contribution in [1.82, 2.24) is 0 Å². The van der Waals surface area contributed by atoms with Crippen LogP contribution in [0.5, 0.6) is 0 Å². The summed E-state index contributed by atoms with van der Waals surface area (Å²) in [5.41, 5.74) is 0. The molecule has 0 fully saturated rings. The molecule has 0 aliphatic rings. The van der Waals surface area contributed by atoms with E-state index in [1.54, 1.807) is 0 Å². The second-order valence-electron chi connectivity index (χ2n) is 15.6. The first-order valence-electron chi connectivity index (χ1n) is 14.6. The Balaban J connectivity index is 0. The highest BCUT2D eigenvalue weighted by Crippen LogP contribution is 2.27. The quantitative estimate of drug-likeness (QED) is 0.116. The molecule has 37 heavy (non-hydrogen) atoms. The Morgan fingerprint density at radius 3 is 0.892 bits per heavy atom. The lowest BCUT2D eigenvalue weighted by molar-refractivity contribution is 0.263. The normalized spacial score (nSPS) is 14.4. The highest BCUT2D eigenvalue weighted by atomic mass is 28.5. The molecule has 0 rings (SSSR count). The van der Waals surface area contributed by atoms with Crippen LogP contribution in [0.2, 0.25) is 117 Å². The summed E-state index contributed by atoms with van der Waals surface area (Å²) in [6.45, 7) is 40.1. The molecule has 0 aromatic rings. The van der Waals surface area contributed by atoms with Gasteiger partial charge in [-0.3, -0.25) is 0 Å². The van der Waals surface area contributed by atoms with Crippen LogP contribution in [0, 0.1) is 0 Å². The van der Waals surface area contributed by atoms with Crippen LogP contribution in [-0.2, 0) is 20.6 Å². The van der Waals surface area contributed by atoms with Crippen LogP contribution in [0.15, 0.2) is 0 Å². The van der Waals surface area contributed by atoms with Gasteiger partial charge in [0.2, 0.25) is 0 Å². The summed E-state index contributed by atoms with van der Waals surface area (Å²) in [7, 11) is -12.4. The lowest BCUT2D eigenvalue weighted by Crippen LogP contribution is -2.58. The highest BCUT2D eigenvalue weighted by Gasteiger charge is 2.45. The van der Waals surface area contributed by atoms with Gasteiger partial charge in [0.25, 0.3) is 0 Å². The molecule has 0 saturated heterocycles. The fraction of sp³-hybridized carbons (Fsp3) is 1.00. The Morgan fingerprint density at radius 2 is 0.622 bits per heavy atom. The molecule has 0 aliphatic heterocycles. The summed E-state index contributed by atoms with van der Waals surface area (Å²) < 4.78 is 31.9. The van der Waals surface area contributed by atoms with Crippen molar-refractivity contribution in [3.05, 3.63) is 0 Å². The highest BCUT2D eigenvalue weighted by molar-refractivity contribution is 6.89. The van der Waals surface area contributed by atoms with E-state index in [1.807, 2.05) is 0 Å². The Kier molecular flexibility index (Phi) is 17.6.